The van der Waals surface area contributed by atoms with Crippen LogP contribution in [0.4, 0.5) is 0 Å². The zero-order valence-corrected chi connectivity index (χ0v) is 13.2. The number of hydrogen-bond acceptors (Lipinski definition) is 7. The summed E-state index contributed by atoms with van der Waals surface area (Å²) in [6, 6.07) is -0.351. The first kappa shape index (κ1) is 15.5. The van der Waals surface area contributed by atoms with Crippen LogP contribution in [-0.2, 0) is 4.74 Å². The number of aromatic nitrogens is 4. The molecule has 0 bridgehead atoms. The van der Waals surface area contributed by atoms with Gasteiger partial charge in [-0.2, -0.15) is 4.98 Å². The van der Waals surface area contributed by atoms with Gasteiger partial charge in [-0.15, -0.1) is 0 Å². The Bertz CT molecular complexity index is 664. The highest BCUT2D eigenvalue weighted by molar-refractivity contribution is 5.92. The van der Waals surface area contributed by atoms with Crippen molar-refractivity contribution in [1.82, 2.24) is 25.4 Å². The molecule has 122 valence electrons. The number of nitrogens with one attached hydrogen (secondary N) is 1. The third kappa shape index (κ3) is 3.70. The van der Waals surface area contributed by atoms with E-state index in [-0.39, 0.29) is 23.6 Å². The topological polar surface area (TPSA) is 103 Å². The summed E-state index contributed by atoms with van der Waals surface area (Å²) in [5.74, 6) is 0.847. The normalized spacial score (nSPS) is 17.0. The highest BCUT2D eigenvalue weighted by atomic mass is 16.5. The van der Waals surface area contributed by atoms with Gasteiger partial charge < -0.3 is 14.6 Å². The van der Waals surface area contributed by atoms with Gasteiger partial charge in [0, 0.05) is 19.4 Å². The molecule has 0 aliphatic carbocycles. The van der Waals surface area contributed by atoms with Gasteiger partial charge >= 0.3 is 0 Å². The van der Waals surface area contributed by atoms with Gasteiger partial charge in [0.15, 0.2) is 5.82 Å². The Morgan fingerprint density at radius 2 is 2.04 bits per heavy atom. The smallest absolute Gasteiger partial charge is 0.272 e. The molecule has 1 saturated heterocycles. The van der Waals surface area contributed by atoms with Crippen molar-refractivity contribution in [2.24, 2.45) is 5.92 Å². The van der Waals surface area contributed by atoms with Crippen LogP contribution in [-0.4, -0.2) is 39.2 Å². The van der Waals surface area contributed by atoms with Gasteiger partial charge in [-0.25, -0.2) is 4.98 Å². The average molecular weight is 317 g/mol. The molecule has 0 unspecified atom stereocenters. The molecule has 1 amide bonds. The van der Waals surface area contributed by atoms with E-state index < -0.39 is 0 Å². The third-order valence-corrected chi connectivity index (χ3v) is 3.85. The van der Waals surface area contributed by atoms with Gasteiger partial charge in [0.05, 0.1) is 11.9 Å². The number of ether oxygens (including phenoxy) is 1. The van der Waals surface area contributed by atoms with Crippen LogP contribution in [0.5, 0.6) is 0 Å². The minimum atomic E-state index is -0.351. The Hall–Kier alpha value is -2.35. The van der Waals surface area contributed by atoms with Crippen molar-refractivity contribution in [3.63, 3.8) is 0 Å². The maximum absolute atomic E-state index is 12.5. The summed E-state index contributed by atoms with van der Waals surface area (Å²) in [5.41, 5.74) is 1.03. The number of rotatable bonds is 4. The zero-order valence-electron chi connectivity index (χ0n) is 13.2. The molecule has 2 aromatic heterocycles. The maximum Gasteiger partial charge on any atom is 0.272 e. The second kappa shape index (κ2) is 6.82. The molecule has 1 fully saturated rings. The molecule has 1 N–H and O–H groups in total. The van der Waals surface area contributed by atoms with E-state index in [2.05, 4.69) is 25.4 Å². The van der Waals surface area contributed by atoms with Crippen LogP contribution < -0.4 is 5.32 Å². The van der Waals surface area contributed by atoms with Crippen molar-refractivity contribution >= 4 is 5.91 Å². The molecule has 23 heavy (non-hydrogen) atoms. The van der Waals surface area contributed by atoms with Crippen LogP contribution in [0.25, 0.3) is 0 Å². The van der Waals surface area contributed by atoms with Crippen molar-refractivity contribution in [2.75, 3.05) is 13.2 Å². The third-order valence-electron chi connectivity index (χ3n) is 3.85. The van der Waals surface area contributed by atoms with Crippen LogP contribution in [0.15, 0.2) is 16.9 Å². The van der Waals surface area contributed by atoms with Crippen LogP contribution in [0.1, 0.15) is 46.8 Å². The van der Waals surface area contributed by atoms with Gasteiger partial charge in [-0.1, -0.05) is 5.16 Å². The van der Waals surface area contributed by atoms with Crippen molar-refractivity contribution in [2.45, 2.75) is 32.7 Å². The first-order valence-electron chi connectivity index (χ1n) is 7.61. The number of carbonyl (C=O) groups excluding carboxylic acids is 1. The Labute approximate surface area is 133 Å². The van der Waals surface area contributed by atoms with E-state index in [0.29, 0.717) is 24.9 Å². The summed E-state index contributed by atoms with van der Waals surface area (Å²) in [4.78, 5) is 24.9. The molecule has 1 aliphatic heterocycles. The highest BCUT2D eigenvalue weighted by Gasteiger charge is 2.31. The number of amides is 1. The Kier molecular flexibility index (Phi) is 4.61. The minimum absolute atomic E-state index is 0.186. The molecule has 0 aromatic carbocycles. The molecular weight excluding hydrogens is 298 g/mol. The van der Waals surface area contributed by atoms with E-state index >= 15 is 0 Å². The lowest BCUT2D eigenvalue weighted by atomic mass is 9.91. The summed E-state index contributed by atoms with van der Waals surface area (Å²) in [6.45, 7) is 4.89. The molecule has 0 radical (unpaired) electrons. The molecule has 0 spiro atoms. The lowest BCUT2D eigenvalue weighted by Gasteiger charge is -2.28. The van der Waals surface area contributed by atoms with E-state index in [1.54, 1.807) is 13.1 Å². The van der Waals surface area contributed by atoms with Gasteiger partial charge in [-0.05, 0) is 32.6 Å². The van der Waals surface area contributed by atoms with E-state index in [0.717, 1.165) is 18.5 Å². The fraction of sp³-hybridized carbons (Fsp3) is 0.533. The number of hydrogen-bond donors (Lipinski definition) is 1. The second-order valence-corrected chi connectivity index (χ2v) is 5.62. The fourth-order valence-electron chi connectivity index (χ4n) is 2.59. The van der Waals surface area contributed by atoms with Crippen molar-refractivity contribution in [3.05, 3.63) is 35.5 Å². The fourth-order valence-corrected chi connectivity index (χ4v) is 2.59. The van der Waals surface area contributed by atoms with Crippen molar-refractivity contribution in [1.29, 1.82) is 0 Å². The van der Waals surface area contributed by atoms with Gasteiger partial charge in [-0.3, -0.25) is 9.78 Å². The van der Waals surface area contributed by atoms with Crippen LogP contribution in [0.2, 0.25) is 0 Å². The van der Waals surface area contributed by atoms with Crippen LogP contribution in [0.3, 0.4) is 0 Å². The molecule has 1 atom stereocenters. The maximum atomic E-state index is 12.5. The van der Waals surface area contributed by atoms with Crippen molar-refractivity contribution in [3.8, 4) is 0 Å². The number of nitrogens with zero attached hydrogens (tertiary/aromatic N) is 4. The molecule has 1 aliphatic rings. The SMILES string of the molecule is Cc1cnc(C(=O)N[C@H](c2nc(C)no2)C2CCOCC2)cn1. The quantitative estimate of drug-likeness (QED) is 0.908. The van der Waals surface area contributed by atoms with E-state index in [4.69, 9.17) is 9.26 Å². The monoisotopic (exact) mass is 317 g/mol. The van der Waals surface area contributed by atoms with Gasteiger partial charge in [0.1, 0.15) is 11.7 Å². The molecule has 8 heteroatoms. The van der Waals surface area contributed by atoms with E-state index in [9.17, 15) is 4.79 Å². The lowest BCUT2D eigenvalue weighted by molar-refractivity contribution is 0.0467. The number of carbonyl (C=O) groups is 1. The summed E-state index contributed by atoms with van der Waals surface area (Å²) >= 11 is 0. The molecular formula is C15H19N5O3. The van der Waals surface area contributed by atoms with E-state index in [1.807, 2.05) is 6.92 Å². The Morgan fingerprint density at radius 1 is 1.26 bits per heavy atom. The lowest BCUT2D eigenvalue weighted by Crippen LogP contribution is -2.36. The standard InChI is InChI=1S/C15H19N5O3/c1-9-7-17-12(8-16-9)14(21)19-13(11-3-5-22-6-4-11)15-18-10(2)20-23-15/h7-8,11,13H,3-6H2,1-2H3,(H,19,21)/t13-/m0/s1. The molecule has 0 saturated carbocycles. The summed E-state index contributed by atoms with van der Waals surface area (Å²) < 4.78 is 10.7. The summed E-state index contributed by atoms with van der Waals surface area (Å²) in [5, 5.41) is 6.79. The zero-order chi connectivity index (χ0) is 16.2. The Morgan fingerprint density at radius 3 is 2.65 bits per heavy atom. The summed E-state index contributed by atoms with van der Waals surface area (Å²) in [6.07, 6.45) is 4.68. The molecule has 2 aromatic rings. The minimum Gasteiger partial charge on any atom is -0.381 e. The number of aryl methyl sites for hydroxylation is 2. The highest BCUT2D eigenvalue weighted by Crippen LogP contribution is 2.29. The second-order valence-electron chi connectivity index (χ2n) is 5.62. The first-order chi connectivity index (χ1) is 11.1. The van der Waals surface area contributed by atoms with Gasteiger partial charge in [0.2, 0.25) is 5.89 Å². The average Bonchev–Trinajstić information content (AvgIpc) is 3.00. The van der Waals surface area contributed by atoms with Crippen LogP contribution in [0, 0.1) is 19.8 Å². The Balaban J connectivity index is 1.80. The van der Waals surface area contributed by atoms with Crippen LogP contribution >= 0.6 is 0 Å². The van der Waals surface area contributed by atoms with E-state index in [1.165, 1.54) is 6.20 Å². The molecule has 8 nitrogen and oxygen atoms in total. The van der Waals surface area contributed by atoms with Gasteiger partial charge in [0.25, 0.3) is 5.91 Å². The largest absolute Gasteiger partial charge is 0.381 e. The predicted octanol–water partition coefficient (Wildman–Crippen LogP) is 1.37. The van der Waals surface area contributed by atoms with Crippen molar-refractivity contribution < 1.29 is 14.1 Å². The molecule has 3 rings (SSSR count). The predicted molar refractivity (Wildman–Crippen MR) is 79.6 cm³/mol. The first-order valence-corrected chi connectivity index (χ1v) is 7.61. The molecule has 3 heterocycles. The summed E-state index contributed by atoms with van der Waals surface area (Å²) in [7, 11) is 0.